The van der Waals surface area contributed by atoms with Crippen molar-refractivity contribution >= 4 is 75.5 Å². The second kappa shape index (κ2) is 16.7. The number of nitrogens with one attached hydrogen (secondary N) is 2. The third kappa shape index (κ3) is 11.5. The Balaban J connectivity index is 1.45. The molecule has 2 aromatic carbocycles. The van der Waals surface area contributed by atoms with Crippen molar-refractivity contribution in [2.45, 2.75) is 52.4 Å². The lowest BCUT2D eigenvalue weighted by Gasteiger charge is -2.12. The summed E-state index contributed by atoms with van der Waals surface area (Å²) in [7, 11) is 0. The number of halogens is 4. The molecule has 0 aromatic heterocycles. The molecule has 0 aliphatic carbocycles. The Morgan fingerprint density at radius 3 is 1.36 bits per heavy atom. The molecule has 0 saturated carbocycles. The average Bonchev–Trinajstić information content (AvgIpc) is 2.78. The van der Waals surface area contributed by atoms with E-state index in [9.17, 15) is 9.59 Å². The van der Waals surface area contributed by atoms with Crippen LogP contribution in [0.3, 0.4) is 0 Å². The molecule has 0 atom stereocenters. The monoisotopic (exact) mass is 752 g/mol. The molecule has 0 bridgehead atoms. The van der Waals surface area contributed by atoms with Crippen LogP contribution in [0.15, 0.2) is 42.2 Å². The van der Waals surface area contributed by atoms with Gasteiger partial charge in [0.1, 0.15) is 11.5 Å². The maximum absolute atomic E-state index is 12.0. The molecular weight excluding hydrogens is 724 g/mol. The smallest absolute Gasteiger partial charge is 0.257 e. The van der Waals surface area contributed by atoms with Gasteiger partial charge in [-0.15, -0.1) is 0 Å². The van der Waals surface area contributed by atoms with Gasteiger partial charge in [0.05, 0.1) is 8.95 Å². The molecule has 0 radical (unpaired) electrons. The van der Waals surface area contributed by atoms with E-state index in [-0.39, 0.29) is 25.0 Å². The first kappa shape index (κ1) is 31.1. The van der Waals surface area contributed by atoms with E-state index in [1.807, 2.05) is 38.1 Å². The minimum Gasteiger partial charge on any atom is -0.482 e. The van der Waals surface area contributed by atoms with Gasteiger partial charge in [-0.2, -0.15) is 0 Å². The van der Waals surface area contributed by atoms with E-state index in [4.69, 9.17) is 9.47 Å². The molecule has 36 heavy (non-hydrogen) atoms. The maximum Gasteiger partial charge on any atom is 0.257 e. The molecule has 2 aromatic rings. The zero-order valence-electron chi connectivity index (χ0n) is 20.5. The molecule has 0 spiro atoms. The lowest BCUT2D eigenvalue weighted by molar-refractivity contribution is -0.123. The normalized spacial score (nSPS) is 10.7. The number of carbonyl (C=O) groups is 2. The molecule has 0 saturated heterocycles. The van der Waals surface area contributed by atoms with E-state index in [0.717, 1.165) is 67.5 Å². The number of unbranched alkanes of at least 4 members (excludes halogenated alkanes) is 5. The van der Waals surface area contributed by atoms with Crippen LogP contribution in [0, 0.1) is 13.8 Å². The molecule has 0 aliphatic heterocycles. The third-order valence-electron chi connectivity index (χ3n) is 5.33. The van der Waals surface area contributed by atoms with Crippen LogP contribution < -0.4 is 20.1 Å². The van der Waals surface area contributed by atoms with E-state index in [2.05, 4.69) is 74.4 Å². The summed E-state index contributed by atoms with van der Waals surface area (Å²) in [6, 6.07) is 7.69. The summed E-state index contributed by atoms with van der Waals surface area (Å²) in [6.07, 6.45) is 6.19. The van der Waals surface area contributed by atoms with Crippen LogP contribution in [0.5, 0.6) is 11.5 Å². The SMILES string of the molecule is Cc1cc(Br)cc(Br)c1OCC(=O)NCCCCCCCCNC(=O)COc1c(C)cc(Br)cc1Br. The molecule has 0 unspecified atom stereocenters. The zero-order chi connectivity index (χ0) is 26.5. The largest absolute Gasteiger partial charge is 0.482 e. The molecule has 2 rings (SSSR count). The van der Waals surface area contributed by atoms with Gasteiger partial charge in [-0.3, -0.25) is 9.59 Å². The quantitative estimate of drug-likeness (QED) is 0.186. The molecule has 2 N–H and O–H groups in total. The number of amides is 2. The minimum absolute atomic E-state index is 0.00214. The van der Waals surface area contributed by atoms with E-state index in [0.29, 0.717) is 24.6 Å². The number of hydrogen-bond donors (Lipinski definition) is 2. The van der Waals surface area contributed by atoms with Crippen LogP contribution in [0.4, 0.5) is 0 Å². The summed E-state index contributed by atoms with van der Waals surface area (Å²) in [6.45, 7) is 5.17. The van der Waals surface area contributed by atoms with Gasteiger partial charge >= 0.3 is 0 Å². The number of benzene rings is 2. The van der Waals surface area contributed by atoms with E-state index in [1.54, 1.807) is 0 Å². The highest BCUT2D eigenvalue weighted by atomic mass is 79.9. The first-order chi connectivity index (χ1) is 17.2. The number of rotatable bonds is 15. The Kier molecular flexibility index (Phi) is 14.4. The molecule has 0 aliphatic rings. The fraction of sp³-hybridized carbons (Fsp3) is 0.462. The number of ether oxygens (including phenoxy) is 2. The van der Waals surface area contributed by atoms with Gasteiger partial charge in [0.15, 0.2) is 13.2 Å². The fourth-order valence-corrected chi connectivity index (χ4v) is 6.64. The highest BCUT2D eigenvalue weighted by Gasteiger charge is 2.11. The molecule has 2 amide bonds. The number of aryl methyl sites for hydroxylation is 2. The van der Waals surface area contributed by atoms with Crippen molar-refractivity contribution in [3.63, 3.8) is 0 Å². The van der Waals surface area contributed by atoms with Gasteiger partial charge < -0.3 is 20.1 Å². The van der Waals surface area contributed by atoms with E-state index < -0.39 is 0 Å². The van der Waals surface area contributed by atoms with Crippen LogP contribution in [0.2, 0.25) is 0 Å². The predicted octanol–water partition coefficient (Wildman–Crippen LogP) is 7.38. The Labute approximate surface area is 247 Å². The average molecular weight is 756 g/mol. The first-order valence-corrected chi connectivity index (χ1v) is 15.0. The molecule has 198 valence electrons. The summed E-state index contributed by atoms with van der Waals surface area (Å²) in [5.41, 5.74) is 1.92. The van der Waals surface area contributed by atoms with Crippen LogP contribution in [0.25, 0.3) is 0 Å². The summed E-state index contributed by atoms with van der Waals surface area (Å²) < 4.78 is 14.9. The van der Waals surface area contributed by atoms with Gasteiger partial charge in [-0.05, 0) is 93.9 Å². The van der Waals surface area contributed by atoms with Gasteiger partial charge in [0.2, 0.25) is 0 Å². The first-order valence-electron chi connectivity index (χ1n) is 11.9. The lowest BCUT2D eigenvalue weighted by atomic mass is 10.1. The van der Waals surface area contributed by atoms with Crippen LogP contribution in [-0.4, -0.2) is 38.1 Å². The molecule has 10 heteroatoms. The Morgan fingerprint density at radius 2 is 1.00 bits per heavy atom. The standard InChI is InChI=1S/C26H32Br4N2O4/c1-17-11-19(27)13-21(29)25(17)35-15-23(33)31-9-7-5-3-4-6-8-10-32-24(34)16-36-26-18(2)12-20(28)14-22(26)30/h11-14H,3-10,15-16H2,1-2H3,(H,31,33)(H,32,34). The lowest BCUT2D eigenvalue weighted by Crippen LogP contribution is -2.30. The highest BCUT2D eigenvalue weighted by Crippen LogP contribution is 2.33. The predicted molar refractivity (Wildman–Crippen MR) is 158 cm³/mol. The van der Waals surface area contributed by atoms with Crippen molar-refractivity contribution in [2.75, 3.05) is 26.3 Å². The van der Waals surface area contributed by atoms with Crippen LogP contribution in [-0.2, 0) is 9.59 Å². The second-order valence-electron chi connectivity index (χ2n) is 8.47. The van der Waals surface area contributed by atoms with Gasteiger partial charge in [0.25, 0.3) is 11.8 Å². The topological polar surface area (TPSA) is 76.7 Å². The molecular formula is C26H32Br4N2O4. The van der Waals surface area contributed by atoms with Gasteiger partial charge in [0, 0.05) is 22.0 Å². The molecule has 0 fully saturated rings. The van der Waals surface area contributed by atoms with Gasteiger partial charge in [-0.1, -0.05) is 57.5 Å². The van der Waals surface area contributed by atoms with Crippen LogP contribution >= 0.6 is 63.7 Å². The van der Waals surface area contributed by atoms with Crippen molar-refractivity contribution in [3.8, 4) is 11.5 Å². The maximum atomic E-state index is 12.0. The van der Waals surface area contributed by atoms with Crippen molar-refractivity contribution in [1.82, 2.24) is 10.6 Å². The summed E-state index contributed by atoms with van der Waals surface area (Å²) in [5, 5.41) is 5.81. The fourth-order valence-electron chi connectivity index (χ4n) is 3.53. The summed E-state index contributed by atoms with van der Waals surface area (Å²) in [5.74, 6) is 1.13. The van der Waals surface area contributed by atoms with Crippen molar-refractivity contribution in [2.24, 2.45) is 0 Å². The second-order valence-corrected chi connectivity index (χ2v) is 12.0. The minimum atomic E-state index is -0.119. The van der Waals surface area contributed by atoms with Crippen molar-refractivity contribution in [3.05, 3.63) is 53.3 Å². The van der Waals surface area contributed by atoms with E-state index >= 15 is 0 Å². The summed E-state index contributed by atoms with van der Waals surface area (Å²) in [4.78, 5) is 24.1. The zero-order valence-corrected chi connectivity index (χ0v) is 26.9. The Hall–Kier alpha value is -1.10. The third-order valence-corrected chi connectivity index (χ3v) is 7.42. The Morgan fingerprint density at radius 1 is 0.639 bits per heavy atom. The molecule has 6 nitrogen and oxygen atoms in total. The van der Waals surface area contributed by atoms with Gasteiger partial charge in [-0.25, -0.2) is 0 Å². The molecule has 0 heterocycles. The number of hydrogen-bond acceptors (Lipinski definition) is 4. The van der Waals surface area contributed by atoms with Crippen molar-refractivity contribution < 1.29 is 19.1 Å². The van der Waals surface area contributed by atoms with Crippen LogP contribution in [0.1, 0.15) is 49.7 Å². The Bertz CT molecular complexity index is 905. The van der Waals surface area contributed by atoms with Crippen molar-refractivity contribution in [1.29, 1.82) is 0 Å². The highest BCUT2D eigenvalue weighted by molar-refractivity contribution is 9.11. The summed E-state index contributed by atoms with van der Waals surface area (Å²) >= 11 is 13.8. The number of carbonyl (C=O) groups excluding carboxylic acids is 2. The van der Waals surface area contributed by atoms with E-state index in [1.165, 1.54) is 0 Å².